The minimum absolute atomic E-state index is 0.00715. The van der Waals surface area contributed by atoms with Crippen molar-refractivity contribution in [2.75, 3.05) is 5.32 Å². The van der Waals surface area contributed by atoms with Gasteiger partial charge in [-0.15, -0.1) is 0 Å². The number of nitrogens with one attached hydrogen (secondary N) is 1. The Morgan fingerprint density at radius 3 is 2.57 bits per heavy atom. The third-order valence-electron chi connectivity index (χ3n) is 4.33. The number of nitrogens with zero attached hydrogens (tertiary/aromatic N) is 3. The first-order valence-corrected chi connectivity index (χ1v) is 8.66. The highest BCUT2D eigenvalue weighted by Crippen LogP contribution is 2.27. The van der Waals surface area contributed by atoms with E-state index in [-0.39, 0.29) is 17.4 Å². The molecule has 0 fully saturated rings. The average molecular weight is 388 g/mol. The van der Waals surface area contributed by atoms with Gasteiger partial charge in [-0.3, -0.25) is 9.78 Å². The summed E-state index contributed by atoms with van der Waals surface area (Å²) in [4.78, 5) is 16.8. The number of anilines is 1. The van der Waals surface area contributed by atoms with Crippen LogP contribution in [0.1, 0.15) is 47.9 Å². The van der Waals surface area contributed by atoms with E-state index >= 15 is 0 Å². The van der Waals surface area contributed by atoms with Gasteiger partial charge in [0.05, 0.1) is 6.20 Å². The maximum atomic E-state index is 13.5. The molecule has 0 saturated carbocycles. The summed E-state index contributed by atoms with van der Waals surface area (Å²) in [5, 5.41) is 6.37. The highest BCUT2D eigenvalue weighted by Gasteiger charge is 2.16. The normalized spacial score (nSPS) is 11.3. The molecule has 2 heterocycles. The smallest absolute Gasteiger partial charge is 0.320 e. The molecule has 28 heavy (non-hydrogen) atoms. The second-order valence-electron chi connectivity index (χ2n) is 6.71. The molecule has 1 N–H and O–H groups in total. The summed E-state index contributed by atoms with van der Waals surface area (Å²) >= 11 is 0. The maximum absolute atomic E-state index is 13.5. The Hall–Kier alpha value is -3.16. The molecule has 0 aliphatic rings. The van der Waals surface area contributed by atoms with E-state index in [0.29, 0.717) is 27.1 Å². The molecule has 0 radical (unpaired) electrons. The molecule has 5 nitrogen and oxygen atoms in total. The third-order valence-corrected chi connectivity index (χ3v) is 4.33. The van der Waals surface area contributed by atoms with E-state index in [0.717, 1.165) is 5.56 Å². The molecule has 0 atom stereocenters. The zero-order valence-corrected chi connectivity index (χ0v) is 15.6. The van der Waals surface area contributed by atoms with Crippen molar-refractivity contribution >= 4 is 11.6 Å². The number of aromatic nitrogens is 3. The van der Waals surface area contributed by atoms with Gasteiger partial charge >= 0.3 is 6.55 Å². The van der Waals surface area contributed by atoms with Crippen LogP contribution >= 0.6 is 0 Å². The van der Waals surface area contributed by atoms with Crippen molar-refractivity contribution in [3.05, 3.63) is 65.5 Å². The number of benzene rings is 1. The molecule has 0 unspecified atom stereocenters. The number of hydrogen-bond acceptors (Lipinski definition) is 3. The van der Waals surface area contributed by atoms with Crippen LogP contribution in [-0.2, 0) is 0 Å². The molecule has 0 aliphatic carbocycles. The molecule has 0 aliphatic heterocycles. The van der Waals surface area contributed by atoms with Crippen LogP contribution in [-0.4, -0.2) is 20.7 Å². The Morgan fingerprint density at radius 2 is 1.93 bits per heavy atom. The molecule has 2 aromatic heterocycles. The minimum Gasteiger partial charge on any atom is -0.320 e. The van der Waals surface area contributed by atoms with Crippen molar-refractivity contribution in [2.24, 2.45) is 0 Å². The van der Waals surface area contributed by atoms with E-state index < -0.39 is 12.5 Å². The monoisotopic (exact) mass is 388 g/mol. The predicted molar refractivity (Wildman–Crippen MR) is 99.9 cm³/mol. The fourth-order valence-corrected chi connectivity index (χ4v) is 2.85. The van der Waals surface area contributed by atoms with Gasteiger partial charge in [-0.25, -0.2) is 9.07 Å². The largest absolute Gasteiger partial charge is 0.333 e. The summed E-state index contributed by atoms with van der Waals surface area (Å²) in [7, 11) is 0. The van der Waals surface area contributed by atoms with Crippen molar-refractivity contribution in [3.8, 4) is 11.1 Å². The molecule has 1 amide bonds. The second kappa shape index (κ2) is 7.84. The maximum Gasteiger partial charge on any atom is 0.333 e. The van der Waals surface area contributed by atoms with E-state index in [2.05, 4.69) is 15.4 Å². The number of carbonyl (C=O) groups excluding carboxylic acids is 1. The first-order chi connectivity index (χ1) is 13.3. The zero-order valence-electron chi connectivity index (χ0n) is 15.6. The summed E-state index contributed by atoms with van der Waals surface area (Å²) in [5.74, 6) is -0.850. The van der Waals surface area contributed by atoms with Crippen molar-refractivity contribution < 1.29 is 18.0 Å². The Morgan fingerprint density at radius 1 is 1.18 bits per heavy atom. The van der Waals surface area contributed by atoms with E-state index in [1.54, 1.807) is 6.92 Å². The summed E-state index contributed by atoms with van der Waals surface area (Å²) in [5.41, 5.74) is 3.03. The first-order valence-electron chi connectivity index (χ1n) is 8.66. The van der Waals surface area contributed by atoms with E-state index in [9.17, 15) is 18.0 Å². The van der Waals surface area contributed by atoms with Gasteiger partial charge < -0.3 is 5.32 Å². The molecular weight excluding hydrogens is 369 g/mol. The fraction of sp³-hybridized carbons (Fsp3) is 0.250. The number of amides is 1. The first kappa shape index (κ1) is 19.6. The lowest BCUT2D eigenvalue weighted by Gasteiger charge is -2.14. The van der Waals surface area contributed by atoms with Gasteiger partial charge in [0.25, 0.3) is 5.91 Å². The number of rotatable bonds is 5. The van der Waals surface area contributed by atoms with Crippen molar-refractivity contribution in [3.63, 3.8) is 0 Å². The van der Waals surface area contributed by atoms with Crippen LogP contribution in [0.5, 0.6) is 0 Å². The number of hydrogen-bond donors (Lipinski definition) is 1. The van der Waals surface area contributed by atoms with Crippen molar-refractivity contribution in [1.82, 2.24) is 14.8 Å². The van der Waals surface area contributed by atoms with Gasteiger partial charge in [0, 0.05) is 23.6 Å². The van der Waals surface area contributed by atoms with Crippen molar-refractivity contribution in [1.29, 1.82) is 0 Å². The van der Waals surface area contributed by atoms with E-state index in [1.165, 1.54) is 42.9 Å². The van der Waals surface area contributed by atoms with Gasteiger partial charge in [-0.1, -0.05) is 13.8 Å². The highest BCUT2D eigenvalue weighted by atomic mass is 19.3. The van der Waals surface area contributed by atoms with E-state index in [4.69, 9.17) is 0 Å². The van der Waals surface area contributed by atoms with Crippen molar-refractivity contribution in [2.45, 2.75) is 33.2 Å². The summed E-state index contributed by atoms with van der Waals surface area (Å²) in [6.07, 6.45) is 4.02. The number of alkyl halides is 2. The van der Waals surface area contributed by atoms with Gasteiger partial charge in [0.1, 0.15) is 11.5 Å². The van der Waals surface area contributed by atoms with Gasteiger partial charge in [0.15, 0.2) is 0 Å². The molecule has 3 aromatic rings. The van der Waals surface area contributed by atoms with E-state index in [1.807, 2.05) is 13.8 Å². The van der Waals surface area contributed by atoms with Crippen LogP contribution in [0.4, 0.5) is 18.9 Å². The molecule has 0 spiro atoms. The number of halogens is 3. The Bertz CT molecular complexity index is 1010. The lowest BCUT2D eigenvalue weighted by molar-refractivity contribution is 0.0566. The van der Waals surface area contributed by atoms with Crippen LogP contribution in [0.2, 0.25) is 0 Å². The fourth-order valence-electron chi connectivity index (χ4n) is 2.85. The Labute approximate surface area is 160 Å². The number of pyridine rings is 1. The number of aryl methyl sites for hydroxylation is 1. The summed E-state index contributed by atoms with van der Waals surface area (Å²) < 4.78 is 39.6. The van der Waals surface area contributed by atoms with Crippen LogP contribution in [0.3, 0.4) is 0 Å². The molecule has 0 bridgehead atoms. The van der Waals surface area contributed by atoms with Crippen LogP contribution in [0, 0.1) is 12.7 Å². The lowest BCUT2D eigenvalue weighted by Crippen LogP contribution is -2.15. The standard InChI is InChI=1S/C20H19F3N4O/c1-11(2)15-6-14(21)4-5-17(15)26-19(28)18-7-16(12(3)8-24-18)13-9-25-27(10-13)20(22)23/h4-11,20H,1-3H3,(H,26,28). The SMILES string of the molecule is Cc1cnc(C(=O)Nc2ccc(F)cc2C(C)C)cc1-c1cnn(C(F)F)c1. The zero-order chi connectivity index (χ0) is 20.4. The Kier molecular flexibility index (Phi) is 5.48. The van der Waals surface area contributed by atoms with Crippen LogP contribution < -0.4 is 5.32 Å². The van der Waals surface area contributed by atoms with Crippen LogP contribution in [0.25, 0.3) is 11.1 Å². The molecule has 8 heteroatoms. The topological polar surface area (TPSA) is 59.8 Å². The predicted octanol–water partition coefficient (Wildman–Crippen LogP) is 5.16. The molecule has 3 rings (SSSR count). The third kappa shape index (κ3) is 4.05. The Balaban J connectivity index is 1.91. The molecule has 1 aromatic carbocycles. The molecule has 0 saturated heterocycles. The lowest BCUT2D eigenvalue weighted by atomic mass is 10.0. The highest BCUT2D eigenvalue weighted by molar-refractivity contribution is 6.04. The second-order valence-corrected chi connectivity index (χ2v) is 6.71. The quantitative estimate of drug-likeness (QED) is 0.656. The van der Waals surface area contributed by atoms with Gasteiger partial charge in [0.2, 0.25) is 0 Å². The minimum atomic E-state index is -2.74. The number of carbonyl (C=O) groups is 1. The summed E-state index contributed by atoms with van der Waals surface area (Å²) in [6.45, 7) is 2.81. The molecular formula is C20H19F3N4O. The molecule has 146 valence electrons. The van der Waals surface area contributed by atoms with Crippen LogP contribution in [0.15, 0.2) is 42.9 Å². The average Bonchev–Trinajstić information content (AvgIpc) is 3.13. The summed E-state index contributed by atoms with van der Waals surface area (Å²) in [6, 6.07) is 5.68. The van der Waals surface area contributed by atoms with Gasteiger partial charge in [-0.05, 0) is 53.8 Å². The van der Waals surface area contributed by atoms with Gasteiger partial charge in [-0.2, -0.15) is 13.9 Å².